The predicted octanol–water partition coefficient (Wildman–Crippen LogP) is 1.96. The molecule has 0 radical (unpaired) electrons. The highest BCUT2D eigenvalue weighted by Crippen LogP contribution is 2.30. The number of benzene rings is 2. The number of nitrogens with one attached hydrogen (secondary N) is 1. The van der Waals surface area contributed by atoms with Gasteiger partial charge in [-0.3, -0.25) is 4.79 Å². The van der Waals surface area contributed by atoms with Crippen LogP contribution in [-0.2, 0) is 14.8 Å². The number of carbonyl (C=O) groups excluding carboxylic acids is 1. The lowest BCUT2D eigenvalue weighted by molar-refractivity contribution is -0.116. The molecule has 2 aromatic carbocycles. The van der Waals surface area contributed by atoms with Gasteiger partial charge in [0.15, 0.2) is 0 Å². The summed E-state index contributed by atoms with van der Waals surface area (Å²) in [6, 6.07) is 13.3. The quantitative estimate of drug-likeness (QED) is 0.812. The molecule has 1 N–H and O–H groups in total. The van der Waals surface area contributed by atoms with Gasteiger partial charge in [-0.05, 0) is 24.3 Å². The highest BCUT2D eigenvalue weighted by Gasteiger charge is 2.27. The Labute approximate surface area is 147 Å². The summed E-state index contributed by atoms with van der Waals surface area (Å²) in [7, 11) is 0.216. The molecule has 1 amide bonds. The Morgan fingerprint density at radius 2 is 1.76 bits per heavy atom. The van der Waals surface area contributed by atoms with E-state index in [9.17, 15) is 13.2 Å². The van der Waals surface area contributed by atoms with E-state index in [1.54, 1.807) is 30.3 Å². The maximum Gasteiger partial charge on any atom is 0.247 e. The van der Waals surface area contributed by atoms with Crippen molar-refractivity contribution < 1.29 is 22.7 Å². The molecule has 134 valence electrons. The van der Waals surface area contributed by atoms with Crippen molar-refractivity contribution in [3.63, 3.8) is 0 Å². The molecule has 0 unspecified atom stereocenters. The highest BCUT2D eigenvalue weighted by atomic mass is 32.2. The Bertz CT molecular complexity index is 837. The summed E-state index contributed by atoms with van der Waals surface area (Å²) in [6.45, 7) is -0.336. The fourth-order valence-electron chi connectivity index (χ4n) is 2.16. The maximum atomic E-state index is 12.8. The minimum atomic E-state index is -3.93. The number of sulfonamides is 1. The van der Waals surface area contributed by atoms with Gasteiger partial charge in [-0.15, -0.1) is 0 Å². The minimum absolute atomic E-state index is 0.0654. The molecule has 25 heavy (non-hydrogen) atoms. The van der Waals surface area contributed by atoms with Crippen LogP contribution in [0.25, 0.3) is 0 Å². The smallest absolute Gasteiger partial charge is 0.247 e. The summed E-state index contributed by atoms with van der Waals surface area (Å²) in [5.41, 5.74) is 0.595. The first kappa shape index (κ1) is 18.8. The Kier molecular flexibility index (Phi) is 6.00. The van der Waals surface area contributed by atoms with Crippen LogP contribution in [0.5, 0.6) is 11.5 Å². The fourth-order valence-corrected chi connectivity index (χ4v) is 3.46. The molecule has 2 rings (SSSR count). The molecular weight excluding hydrogens is 344 g/mol. The van der Waals surface area contributed by atoms with Crippen molar-refractivity contribution in [1.29, 1.82) is 0 Å². The number of hydrogen-bond acceptors (Lipinski definition) is 5. The standard InChI is InChI=1S/C17H20N2O5S/c1-19(12-17(20)18-13-7-5-4-6-8-13)25(21,22)16-11-14(23-2)9-10-15(16)24-3/h4-11H,12H2,1-3H3,(H,18,20). The van der Waals surface area contributed by atoms with Gasteiger partial charge in [0.25, 0.3) is 0 Å². The van der Waals surface area contributed by atoms with E-state index < -0.39 is 15.9 Å². The number of carbonyl (C=O) groups is 1. The number of ether oxygens (including phenoxy) is 2. The van der Waals surface area contributed by atoms with Crippen molar-refractivity contribution in [2.75, 3.05) is 33.1 Å². The number of hydrogen-bond donors (Lipinski definition) is 1. The van der Waals surface area contributed by atoms with Crippen molar-refractivity contribution in [2.45, 2.75) is 4.90 Å². The Morgan fingerprint density at radius 3 is 2.36 bits per heavy atom. The maximum absolute atomic E-state index is 12.8. The second-order valence-corrected chi connectivity index (χ2v) is 7.21. The van der Waals surface area contributed by atoms with Crippen LogP contribution < -0.4 is 14.8 Å². The zero-order valence-electron chi connectivity index (χ0n) is 14.2. The van der Waals surface area contributed by atoms with Gasteiger partial charge in [0, 0.05) is 18.8 Å². The second-order valence-electron chi connectivity index (χ2n) is 5.19. The van der Waals surface area contributed by atoms with Gasteiger partial charge in [-0.2, -0.15) is 4.31 Å². The summed E-state index contributed by atoms with van der Waals surface area (Å²) < 4.78 is 36.7. The van der Waals surface area contributed by atoms with Gasteiger partial charge in [0.1, 0.15) is 16.4 Å². The molecule has 0 bridgehead atoms. The first-order chi connectivity index (χ1) is 11.9. The summed E-state index contributed by atoms with van der Waals surface area (Å²) >= 11 is 0. The van der Waals surface area contributed by atoms with E-state index in [-0.39, 0.29) is 17.2 Å². The highest BCUT2D eigenvalue weighted by molar-refractivity contribution is 7.89. The fraction of sp³-hybridized carbons (Fsp3) is 0.235. The number of rotatable bonds is 7. The van der Waals surface area contributed by atoms with Crippen LogP contribution in [0, 0.1) is 0 Å². The molecule has 0 aliphatic carbocycles. The molecule has 0 aliphatic heterocycles. The lowest BCUT2D eigenvalue weighted by Gasteiger charge is -2.19. The third-order valence-corrected chi connectivity index (χ3v) is 5.31. The number of likely N-dealkylation sites (N-methyl/N-ethyl adjacent to an activating group) is 1. The van der Waals surface area contributed by atoms with Crippen LogP contribution in [0.15, 0.2) is 53.4 Å². The van der Waals surface area contributed by atoms with E-state index in [0.29, 0.717) is 11.4 Å². The third-order valence-electron chi connectivity index (χ3n) is 3.48. The molecule has 0 aliphatic rings. The molecule has 7 nitrogen and oxygen atoms in total. The SMILES string of the molecule is COc1ccc(OC)c(S(=O)(=O)N(C)CC(=O)Nc2ccccc2)c1. The molecule has 0 saturated heterocycles. The lowest BCUT2D eigenvalue weighted by atomic mass is 10.3. The monoisotopic (exact) mass is 364 g/mol. The first-order valence-corrected chi connectivity index (χ1v) is 8.85. The van der Waals surface area contributed by atoms with E-state index >= 15 is 0 Å². The van der Waals surface area contributed by atoms with Gasteiger partial charge in [-0.1, -0.05) is 18.2 Å². The number of nitrogens with zero attached hydrogens (tertiary/aromatic N) is 1. The van der Waals surface area contributed by atoms with Gasteiger partial charge in [0.2, 0.25) is 15.9 Å². The van der Waals surface area contributed by atoms with E-state index in [0.717, 1.165) is 4.31 Å². The topological polar surface area (TPSA) is 84.9 Å². The van der Waals surface area contributed by atoms with Crippen molar-refractivity contribution in [2.24, 2.45) is 0 Å². The Balaban J connectivity index is 2.20. The van der Waals surface area contributed by atoms with E-state index in [4.69, 9.17) is 9.47 Å². The Hall–Kier alpha value is -2.58. The van der Waals surface area contributed by atoms with Gasteiger partial charge in [0.05, 0.1) is 20.8 Å². The van der Waals surface area contributed by atoms with E-state index in [2.05, 4.69) is 5.32 Å². The molecule has 0 heterocycles. The van der Waals surface area contributed by atoms with Crippen LogP contribution in [0.1, 0.15) is 0 Å². The van der Waals surface area contributed by atoms with E-state index in [1.165, 1.54) is 33.4 Å². The molecule has 0 fully saturated rings. The van der Waals surface area contributed by atoms with Crippen LogP contribution in [0.3, 0.4) is 0 Å². The van der Waals surface area contributed by atoms with Crippen LogP contribution in [-0.4, -0.2) is 46.4 Å². The molecule has 0 saturated carbocycles. The largest absolute Gasteiger partial charge is 0.497 e. The average Bonchev–Trinajstić information content (AvgIpc) is 2.61. The summed E-state index contributed by atoms with van der Waals surface area (Å²) in [4.78, 5) is 12.0. The van der Waals surface area contributed by atoms with Crippen molar-refractivity contribution >= 4 is 21.6 Å². The second kappa shape index (κ2) is 8.00. The van der Waals surface area contributed by atoms with E-state index in [1.807, 2.05) is 6.07 Å². The van der Waals surface area contributed by atoms with Gasteiger partial charge in [-0.25, -0.2) is 8.42 Å². The molecule has 0 aromatic heterocycles. The third kappa shape index (κ3) is 4.49. The molecule has 0 atom stereocenters. The van der Waals surface area contributed by atoms with Crippen molar-refractivity contribution in [3.05, 3.63) is 48.5 Å². The number of para-hydroxylation sites is 1. The van der Waals surface area contributed by atoms with Gasteiger partial charge >= 0.3 is 0 Å². The van der Waals surface area contributed by atoms with Crippen LogP contribution >= 0.6 is 0 Å². The number of methoxy groups -OCH3 is 2. The molecule has 0 spiro atoms. The summed E-state index contributed by atoms with van der Waals surface area (Å²) in [5.74, 6) is 0.108. The first-order valence-electron chi connectivity index (χ1n) is 7.41. The zero-order chi connectivity index (χ0) is 18.4. The summed E-state index contributed by atoms with van der Waals surface area (Å²) in [5, 5.41) is 2.65. The minimum Gasteiger partial charge on any atom is -0.497 e. The molecule has 8 heteroatoms. The Morgan fingerprint density at radius 1 is 1.08 bits per heavy atom. The van der Waals surface area contributed by atoms with Gasteiger partial charge < -0.3 is 14.8 Å². The zero-order valence-corrected chi connectivity index (χ0v) is 15.0. The predicted molar refractivity (Wildman–Crippen MR) is 94.4 cm³/mol. The van der Waals surface area contributed by atoms with Crippen molar-refractivity contribution in [1.82, 2.24) is 4.31 Å². The normalized spacial score (nSPS) is 11.2. The van der Waals surface area contributed by atoms with Crippen LogP contribution in [0.2, 0.25) is 0 Å². The molecule has 2 aromatic rings. The number of anilines is 1. The summed E-state index contributed by atoms with van der Waals surface area (Å²) in [6.07, 6.45) is 0. The van der Waals surface area contributed by atoms with Crippen LogP contribution in [0.4, 0.5) is 5.69 Å². The number of amides is 1. The average molecular weight is 364 g/mol. The molecular formula is C17H20N2O5S. The van der Waals surface area contributed by atoms with Crippen molar-refractivity contribution in [3.8, 4) is 11.5 Å². The lowest BCUT2D eigenvalue weighted by Crippen LogP contribution is -2.35.